The third kappa shape index (κ3) is 0.152. The largest absolute Gasteiger partial charge is 0.398 e. The first-order chi connectivity index (χ1) is 3.38. The quantitative estimate of drug-likeness (QED) is 0.442. The maximum absolute atomic E-state index is 10.3. The minimum absolute atomic E-state index is 0.111. The van der Waals surface area contributed by atoms with Gasteiger partial charge in [-0.25, -0.2) is 4.79 Å². The molecule has 3 rings (SSSR count). The van der Waals surface area contributed by atoms with E-state index in [0.717, 1.165) is 9.15 Å². The summed E-state index contributed by atoms with van der Waals surface area (Å²) in [4.78, 5) is 10.3. The Bertz CT molecular complexity index is 264. The predicted octanol–water partition coefficient (Wildman–Crippen LogP) is -0.570. The van der Waals surface area contributed by atoms with Crippen molar-refractivity contribution in [3.63, 3.8) is 0 Å². The third-order valence-corrected chi connectivity index (χ3v) is 0.890. The molecule has 7 heavy (non-hydrogen) atoms. The number of nitrogens with zero attached hydrogens (tertiary/aromatic N) is 2. The molecule has 0 radical (unpaired) electrons. The van der Waals surface area contributed by atoms with Gasteiger partial charge in [0.15, 0.2) is 0 Å². The number of imidazole rings is 1. The van der Waals surface area contributed by atoms with Gasteiger partial charge in [0.05, 0.1) is 12.4 Å². The van der Waals surface area contributed by atoms with Gasteiger partial charge in [0.1, 0.15) is 0 Å². The van der Waals surface area contributed by atoms with Crippen LogP contribution in [0.4, 0.5) is 0 Å². The fraction of sp³-hybridized carbons (Fsp3) is 0. The smallest absolute Gasteiger partial charge is 0.273 e. The van der Waals surface area contributed by atoms with E-state index in [-0.39, 0.29) is 5.69 Å². The van der Waals surface area contributed by atoms with Gasteiger partial charge in [0.25, 0.3) is 0 Å². The van der Waals surface area contributed by atoms with Crippen LogP contribution in [0.2, 0.25) is 0 Å². The van der Waals surface area contributed by atoms with Gasteiger partial charge >= 0.3 is 5.69 Å². The van der Waals surface area contributed by atoms with E-state index < -0.39 is 0 Å². The highest BCUT2D eigenvalue weighted by Crippen LogP contribution is 1.83. The number of hydrogen-bond donors (Lipinski definition) is 0. The Morgan fingerprint density at radius 1 is 1.43 bits per heavy atom. The number of aromatic nitrogens is 2. The molecule has 0 unspecified atom stereocenters. The minimum atomic E-state index is -0.111. The predicted molar refractivity (Wildman–Crippen MR) is 20.6 cm³/mol. The zero-order valence-corrected chi connectivity index (χ0v) is 3.37. The summed E-state index contributed by atoms with van der Waals surface area (Å²) in [6.07, 6.45) is 3.12. The first-order valence-corrected chi connectivity index (χ1v) is 1.87. The molecule has 0 N–H and O–H groups in total. The highest BCUT2D eigenvalue weighted by Gasteiger charge is 2.02. The molecule has 0 saturated heterocycles. The second kappa shape index (κ2) is 0.598. The Hall–Kier alpha value is -1.19. The van der Waals surface area contributed by atoms with Crippen molar-refractivity contribution in [3.05, 3.63) is 22.9 Å². The van der Waals surface area contributed by atoms with Crippen LogP contribution < -0.4 is 5.69 Å². The zero-order valence-electron chi connectivity index (χ0n) is 3.37. The second-order valence-electron chi connectivity index (χ2n) is 1.31. The summed E-state index contributed by atoms with van der Waals surface area (Å²) >= 11 is 0. The van der Waals surface area contributed by atoms with Crippen molar-refractivity contribution < 1.29 is 4.63 Å². The maximum atomic E-state index is 10.3. The van der Waals surface area contributed by atoms with Gasteiger partial charge in [-0.05, 0) is 0 Å². The Morgan fingerprint density at radius 3 is 2.14 bits per heavy atom. The number of hydrogen-bond acceptors (Lipinski definition) is 2. The molecule has 0 aromatic carbocycles. The van der Waals surface area contributed by atoms with Crippen LogP contribution in [0.15, 0.2) is 21.8 Å². The molecule has 36 valence electrons. The third-order valence-electron chi connectivity index (χ3n) is 0.890. The van der Waals surface area contributed by atoms with Crippen molar-refractivity contribution in [3.8, 4) is 0 Å². The van der Waals surface area contributed by atoms with Crippen LogP contribution in [-0.2, 0) is 0 Å². The van der Waals surface area contributed by atoms with E-state index in [1.54, 1.807) is 12.4 Å². The highest BCUT2D eigenvalue weighted by atomic mass is 16.6. The highest BCUT2D eigenvalue weighted by molar-refractivity contribution is 4.75. The van der Waals surface area contributed by atoms with Crippen LogP contribution in [0, 0.1) is 0 Å². The van der Waals surface area contributed by atoms with Gasteiger partial charge in [-0.2, -0.15) is 0 Å². The van der Waals surface area contributed by atoms with Crippen LogP contribution in [0.25, 0.3) is 0 Å². The summed E-state index contributed by atoms with van der Waals surface area (Å²) in [7, 11) is 0. The lowest BCUT2D eigenvalue weighted by Crippen LogP contribution is -2.22. The standard InChI is InChI=1S/C3H2N2O2/c6-3-4-1-2-5(3)7-4/h1-2H. The van der Waals surface area contributed by atoms with E-state index in [1.165, 1.54) is 0 Å². The molecule has 0 fully saturated rings. The van der Waals surface area contributed by atoms with Gasteiger partial charge in [-0.1, -0.05) is 0 Å². The fourth-order valence-corrected chi connectivity index (χ4v) is 0.532. The van der Waals surface area contributed by atoms with E-state index >= 15 is 0 Å². The van der Waals surface area contributed by atoms with Gasteiger partial charge in [0, 0.05) is 0 Å². The molecule has 0 aliphatic heterocycles. The van der Waals surface area contributed by atoms with Gasteiger partial charge in [-0.3, -0.25) is 4.63 Å². The number of fused-ring (bicyclic) bond motifs is 1. The summed E-state index contributed by atoms with van der Waals surface area (Å²) < 4.78 is 6.87. The first kappa shape index (κ1) is 2.90. The average molecular weight is 98.1 g/mol. The topological polar surface area (TPSA) is 39.0 Å². The second-order valence-corrected chi connectivity index (χ2v) is 1.31. The van der Waals surface area contributed by atoms with E-state index in [0.29, 0.717) is 0 Å². The molecule has 4 heteroatoms. The zero-order chi connectivity index (χ0) is 4.85. The monoisotopic (exact) mass is 98.0 g/mol. The summed E-state index contributed by atoms with van der Waals surface area (Å²) in [6, 6.07) is 0. The van der Waals surface area contributed by atoms with Crippen LogP contribution in [0.3, 0.4) is 0 Å². The van der Waals surface area contributed by atoms with Crippen molar-refractivity contribution >= 4 is 0 Å². The SMILES string of the molecule is O=c1n2ccn1o2. The van der Waals surface area contributed by atoms with Crippen molar-refractivity contribution in [1.29, 1.82) is 0 Å². The van der Waals surface area contributed by atoms with Crippen molar-refractivity contribution in [2.75, 3.05) is 0 Å². The molecule has 0 aliphatic carbocycles. The van der Waals surface area contributed by atoms with E-state index in [4.69, 9.17) is 0 Å². The van der Waals surface area contributed by atoms with Gasteiger partial charge in [-0.15, -0.1) is 9.15 Å². The maximum Gasteiger partial charge on any atom is 0.398 e. The lowest BCUT2D eigenvalue weighted by atomic mass is 11.0. The Balaban J connectivity index is 3.32. The summed E-state index contributed by atoms with van der Waals surface area (Å²) in [5, 5.41) is 0. The summed E-state index contributed by atoms with van der Waals surface area (Å²) in [5.74, 6) is 0. The van der Waals surface area contributed by atoms with Crippen LogP contribution >= 0.6 is 0 Å². The Morgan fingerprint density at radius 2 is 2.00 bits per heavy atom. The van der Waals surface area contributed by atoms with Gasteiger partial charge in [0.2, 0.25) is 0 Å². The van der Waals surface area contributed by atoms with Gasteiger partial charge < -0.3 is 0 Å². The molecule has 3 heterocycles. The van der Waals surface area contributed by atoms with Crippen LogP contribution in [0.1, 0.15) is 0 Å². The Labute approximate surface area is 37.8 Å². The van der Waals surface area contributed by atoms with Crippen molar-refractivity contribution in [2.45, 2.75) is 0 Å². The van der Waals surface area contributed by atoms with E-state index in [1.807, 2.05) is 0 Å². The molecule has 0 spiro atoms. The lowest BCUT2D eigenvalue weighted by molar-refractivity contribution is 0.143. The molecule has 0 atom stereocenters. The summed E-state index contributed by atoms with van der Waals surface area (Å²) in [5.41, 5.74) is -0.111. The molecule has 4 nitrogen and oxygen atoms in total. The van der Waals surface area contributed by atoms with E-state index in [2.05, 4.69) is 4.63 Å². The Kier molecular flexibility index (Phi) is 0.247. The normalized spacial score (nSPS) is 11.4. The lowest BCUT2D eigenvalue weighted by Gasteiger charge is -1.86. The molecule has 0 saturated carbocycles. The van der Waals surface area contributed by atoms with Crippen LogP contribution in [-0.4, -0.2) is 9.15 Å². The van der Waals surface area contributed by atoms with Crippen LogP contribution in [0.5, 0.6) is 0 Å². The first-order valence-electron chi connectivity index (χ1n) is 1.87. The summed E-state index contributed by atoms with van der Waals surface area (Å²) in [6.45, 7) is 0. The fourth-order valence-electron chi connectivity index (χ4n) is 0.532. The molecule has 0 aliphatic rings. The molecule has 0 amide bonds. The minimum Gasteiger partial charge on any atom is -0.273 e. The number of rotatable bonds is 0. The molecular weight excluding hydrogens is 96.0 g/mol. The molecule has 3 aromatic rings. The van der Waals surface area contributed by atoms with Crippen molar-refractivity contribution in [2.24, 2.45) is 0 Å². The molecule has 2 bridgehead atoms. The molecule has 3 aromatic heterocycles. The van der Waals surface area contributed by atoms with Crippen molar-refractivity contribution in [1.82, 2.24) is 9.15 Å². The average Bonchev–Trinajstić information content (AvgIpc) is 2.18. The molecular formula is C3H2N2O2. The van der Waals surface area contributed by atoms with E-state index in [9.17, 15) is 4.79 Å².